The zero-order valence-electron chi connectivity index (χ0n) is 8.85. The van der Waals surface area contributed by atoms with E-state index in [9.17, 15) is 13.2 Å². The summed E-state index contributed by atoms with van der Waals surface area (Å²) in [4.78, 5) is 12.8. The zero-order valence-corrected chi connectivity index (χ0v) is 9.66. The molecule has 0 fully saturated rings. The van der Waals surface area contributed by atoms with Crippen LogP contribution in [0.5, 0.6) is 0 Å². The van der Waals surface area contributed by atoms with Crippen molar-refractivity contribution in [2.45, 2.75) is 6.92 Å². The maximum Gasteiger partial charge on any atom is 0.237 e. The molecule has 15 heavy (non-hydrogen) atoms. The lowest BCUT2D eigenvalue weighted by Gasteiger charge is -2.19. The van der Waals surface area contributed by atoms with Gasteiger partial charge in [-0.05, 0) is 6.92 Å². The van der Waals surface area contributed by atoms with Gasteiger partial charge in [0.2, 0.25) is 5.91 Å². The van der Waals surface area contributed by atoms with E-state index in [1.54, 1.807) is 6.92 Å². The van der Waals surface area contributed by atoms with E-state index in [0.29, 0.717) is 6.54 Å². The average molecular weight is 235 g/mol. The molecule has 0 atom stereocenters. The number of carbonyl (C=O) groups excluding carboxylic acids is 1. The minimum Gasteiger partial charge on any atom is -0.395 e. The van der Waals surface area contributed by atoms with Gasteiger partial charge in [0.05, 0.1) is 12.4 Å². The maximum atomic E-state index is 11.5. The van der Waals surface area contributed by atoms with Crippen LogP contribution in [-0.4, -0.2) is 55.5 Å². The van der Waals surface area contributed by atoms with Gasteiger partial charge in [-0.25, -0.2) is 8.42 Å². The lowest BCUT2D eigenvalue weighted by molar-refractivity contribution is -0.128. The molecule has 6 heteroatoms. The van der Waals surface area contributed by atoms with Crippen LogP contribution in [0.2, 0.25) is 0 Å². The molecule has 1 N–H and O–H groups in total. The van der Waals surface area contributed by atoms with Crippen LogP contribution >= 0.6 is 0 Å². The topological polar surface area (TPSA) is 74.7 Å². The van der Waals surface area contributed by atoms with Crippen LogP contribution in [-0.2, 0) is 14.6 Å². The number of sulfone groups is 1. The highest BCUT2D eigenvalue weighted by molar-refractivity contribution is 7.92. The summed E-state index contributed by atoms with van der Waals surface area (Å²) in [6, 6.07) is 0. The molecule has 0 aromatic carbocycles. The quantitative estimate of drug-likeness (QED) is 0.600. The second kappa shape index (κ2) is 6.58. The molecule has 5 nitrogen and oxygen atoms in total. The SMILES string of the molecule is C=CCS(=O)(=O)CC(=O)N(CC)CCO. The van der Waals surface area contributed by atoms with Crippen LogP contribution in [0.3, 0.4) is 0 Å². The van der Waals surface area contributed by atoms with Gasteiger partial charge >= 0.3 is 0 Å². The Hall–Kier alpha value is -0.880. The van der Waals surface area contributed by atoms with Crippen molar-refractivity contribution in [3.05, 3.63) is 12.7 Å². The number of nitrogens with zero attached hydrogens (tertiary/aromatic N) is 1. The van der Waals surface area contributed by atoms with Gasteiger partial charge in [-0.3, -0.25) is 4.79 Å². The van der Waals surface area contributed by atoms with Gasteiger partial charge in [-0.2, -0.15) is 0 Å². The molecule has 0 aromatic heterocycles. The summed E-state index contributed by atoms with van der Waals surface area (Å²) in [6.45, 7) is 5.43. The fraction of sp³-hybridized carbons (Fsp3) is 0.667. The molecule has 0 saturated heterocycles. The monoisotopic (exact) mass is 235 g/mol. The van der Waals surface area contributed by atoms with Crippen molar-refractivity contribution < 1.29 is 18.3 Å². The van der Waals surface area contributed by atoms with Crippen molar-refractivity contribution in [3.8, 4) is 0 Å². The number of hydrogen-bond acceptors (Lipinski definition) is 4. The van der Waals surface area contributed by atoms with E-state index >= 15 is 0 Å². The first-order chi connectivity index (χ1) is 6.96. The van der Waals surface area contributed by atoms with Crippen molar-refractivity contribution in [1.82, 2.24) is 4.90 Å². The van der Waals surface area contributed by atoms with Crippen molar-refractivity contribution in [2.24, 2.45) is 0 Å². The Morgan fingerprint density at radius 1 is 1.53 bits per heavy atom. The Balaban J connectivity index is 4.39. The molecule has 88 valence electrons. The Morgan fingerprint density at radius 3 is 2.53 bits per heavy atom. The third-order valence-electron chi connectivity index (χ3n) is 1.82. The average Bonchev–Trinajstić information content (AvgIpc) is 2.12. The molecule has 0 aliphatic rings. The molecule has 0 spiro atoms. The first-order valence-corrected chi connectivity index (χ1v) is 6.49. The molecule has 0 radical (unpaired) electrons. The number of hydrogen-bond donors (Lipinski definition) is 1. The third kappa shape index (κ3) is 5.54. The van der Waals surface area contributed by atoms with E-state index < -0.39 is 21.5 Å². The fourth-order valence-corrected chi connectivity index (χ4v) is 2.13. The summed E-state index contributed by atoms with van der Waals surface area (Å²) in [5.41, 5.74) is 0. The minimum absolute atomic E-state index is 0.166. The molecule has 1 amide bonds. The number of likely N-dealkylation sites (N-methyl/N-ethyl adjacent to an activating group) is 1. The molecule has 0 saturated carbocycles. The molecule has 0 bridgehead atoms. The number of aliphatic hydroxyl groups excluding tert-OH is 1. The van der Waals surface area contributed by atoms with Crippen LogP contribution in [0.1, 0.15) is 6.92 Å². The zero-order chi connectivity index (χ0) is 11.9. The molecule has 0 heterocycles. The largest absolute Gasteiger partial charge is 0.395 e. The Labute approximate surface area is 90.3 Å². The Morgan fingerprint density at radius 2 is 2.13 bits per heavy atom. The number of amides is 1. The molecular formula is C9H17NO4S. The van der Waals surface area contributed by atoms with Crippen LogP contribution in [0, 0.1) is 0 Å². The minimum atomic E-state index is -3.40. The molecular weight excluding hydrogens is 218 g/mol. The summed E-state index contributed by atoms with van der Waals surface area (Å²) in [5.74, 6) is -1.20. The predicted molar refractivity (Wildman–Crippen MR) is 58.2 cm³/mol. The van der Waals surface area contributed by atoms with E-state index in [1.165, 1.54) is 11.0 Å². The summed E-state index contributed by atoms with van der Waals surface area (Å²) in [6.07, 6.45) is 1.25. The normalized spacial score (nSPS) is 11.1. The smallest absolute Gasteiger partial charge is 0.237 e. The van der Waals surface area contributed by atoms with Crippen LogP contribution < -0.4 is 0 Å². The van der Waals surface area contributed by atoms with E-state index in [2.05, 4.69) is 6.58 Å². The van der Waals surface area contributed by atoms with Crippen LogP contribution in [0.25, 0.3) is 0 Å². The highest BCUT2D eigenvalue weighted by Gasteiger charge is 2.19. The third-order valence-corrected chi connectivity index (χ3v) is 3.25. The summed E-state index contributed by atoms with van der Waals surface area (Å²) in [7, 11) is -3.40. The van der Waals surface area contributed by atoms with Gasteiger partial charge in [-0.1, -0.05) is 6.08 Å². The second-order valence-electron chi connectivity index (χ2n) is 3.04. The number of rotatable bonds is 7. The highest BCUT2D eigenvalue weighted by atomic mass is 32.2. The summed E-state index contributed by atoms with van der Waals surface area (Å²) in [5, 5.41) is 8.66. The van der Waals surface area contributed by atoms with Crippen molar-refractivity contribution >= 4 is 15.7 Å². The maximum absolute atomic E-state index is 11.5. The molecule has 0 aliphatic heterocycles. The van der Waals surface area contributed by atoms with Crippen LogP contribution in [0.15, 0.2) is 12.7 Å². The van der Waals surface area contributed by atoms with Crippen molar-refractivity contribution in [1.29, 1.82) is 0 Å². The molecule has 0 aliphatic carbocycles. The van der Waals surface area contributed by atoms with Gasteiger partial charge in [0.15, 0.2) is 9.84 Å². The standard InChI is InChI=1S/C9H17NO4S/c1-3-7-15(13,14)8-9(12)10(4-2)5-6-11/h3,11H,1,4-8H2,2H3. The van der Waals surface area contributed by atoms with Gasteiger partial charge in [0, 0.05) is 13.1 Å². The lowest BCUT2D eigenvalue weighted by atomic mass is 10.5. The fourth-order valence-electron chi connectivity index (χ4n) is 1.10. The van der Waals surface area contributed by atoms with Crippen molar-refractivity contribution in [2.75, 3.05) is 31.2 Å². The second-order valence-corrected chi connectivity index (χ2v) is 5.15. The Kier molecular flexibility index (Phi) is 6.19. The molecule has 0 unspecified atom stereocenters. The molecule has 0 aromatic rings. The van der Waals surface area contributed by atoms with Gasteiger partial charge in [0.25, 0.3) is 0 Å². The van der Waals surface area contributed by atoms with Gasteiger partial charge < -0.3 is 10.0 Å². The van der Waals surface area contributed by atoms with Crippen molar-refractivity contribution in [3.63, 3.8) is 0 Å². The van der Waals surface area contributed by atoms with E-state index in [0.717, 1.165) is 0 Å². The number of aliphatic hydroxyl groups is 1. The summed E-state index contributed by atoms with van der Waals surface area (Å²) >= 11 is 0. The Bertz CT molecular complexity index is 310. The van der Waals surface area contributed by atoms with E-state index in [-0.39, 0.29) is 18.9 Å². The predicted octanol–water partition coefficient (Wildman–Crippen LogP) is -0.572. The highest BCUT2D eigenvalue weighted by Crippen LogP contribution is 1.96. The first kappa shape index (κ1) is 14.1. The molecule has 0 rings (SSSR count). The van der Waals surface area contributed by atoms with Gasteiger partial charge in [-0.15, -0.1) is 6.58 Å². The van der Waals surface area contributed by atoms with E-state index in [4.69, 9.17) is 5.11 Å². The van der Waals surface area contributed by atoms with Gasteiger partial charge in [0.1, 0.15) is 5.75 Å². The first-order valence-electron chi connectivity index (χ1n) is 4.66. The van der Waals surface area contributed by atoms with Crippen LogP contribution in [0.4, 0.5) is 0 Å². The summed E-state index contributed by atoms with van der Waals surface area (Å²) < 4.78 is 22.6. The van der Waals surface area contributed by atoms with E-state index in [1.807, 2.05) is 0 Å². The lowest BCUT2D eigenvalue weighted by Crippen LogP contribution is -2.37. The number of carbonyl (C=O) groups is 1.